The minimum absolute atomic E-state index is 0.197. The largest absolute Gasteiger partial charge is 0.292 e. The molecule has 15 rings (SSSR count). The van der Waals surface area contributed by atoms with Crippen molar-refractivity contribution in [3.63, 3.8) is 0 Å². The molecular formula is C66H44N4. The first-order valence-corrected chi connectivity index (χ1v) is 24.3. The van der Waals surface area contributed by atoms with Crippen LogP contribution in [0.4, 0.5) is 17.3 Å². The van der Waals surface area contributed by atoms with Gasteiger partial charge in [0.1, 0.15) is 0 Å². The van der Waals surface area contributed by atoms with Crippen molar-refractivity contribution in [2.75, 3.05) is 4.90 Å². The standard InChI is InChI=1S/C66H44N4/c1-65(2)51-27-12-8-24-48(51)60-55(65)31-18-34-59(60)69(43-37-35-42(36-38-43)41-19-4-3-5-20-41)64-67-57-32-16-10-26-50(57)63(68-64)70-58-33-17-11-23-46(58)47-39-40-56-61(62(47)70)49-25-9-15-30-54(49)66(56)52-28-13-6-21-44(52)45-22-7-14-29-53(45)66/h3-40H,1-2H3. The molecule has 0 fully saturated rings. The number of anilines is 3. The number of hydrogen-bond acceptors (Lipinski definition) is 3. The fourth-order valence-electron chi connectivity index (χ4n) is 12.9. The summed E-state index contributed by atoms with van der Waals surface area (Å²) in [4.78, 5) is 13.8. The van der Waals surface area contributed by atoms with Gasteiger partial charge in [-0.05, 0) is 103 Å². The average Bonchev–Trinajstić information content (AvgIpc) is 4.10. The van der Waals surface area contributed by atoms with Crippen LogP contribution in [-0.2, 0) is 10.8 Å². The third-order valence-electron chi connectivity index (χ3n) is 15.8. The van der Waals surface area contributed by atoms with Gasteiger partial charge in [0.15, 0.2) is 5.82 Å². The fourth-order valence-corrected chi connectivity index (χ4v) is 12.9. The van der Waals surface area contributed by atoms with Gasteiger partial charge in [-0.2, -0.15) is 4.98 Å². The van der Waals surface area contributed by atoms with Crippen molar-refractivity contribution < 1.29 is 0 Å². The number of hydrogen-bond donors (Lipinski definition) is 0. The number of rotatable bonds is 5. The lowest BCUT2D eigenvalue weighted by atomic mass is 9.70. The summed E-state index contributed by atoms with van der Waals surface area (Å²) in [5, 5.41) is 3.36. The van der Waals surface area contributed by atoms with E-state index in [9.17, 15) is 0 Å². The van der Waals surface area contributed by atoms with E-state index in [2.05, 4.69) is 254 Å². The van der Waals surface area contributed by atoms with E-state index in [4.69, 9.17) is 9.97 Å². The number of nitrogens with zero attached hydrogens (tertiary/aromatic N) is 4. The SMILES string of the molecule is CC1(C)c2ccccc2-c2c(N(c3ccc(-c4ccccc4)cc3)c3nc(-n4c5ccccc5c5ccc6c(c54)-c4ccccc4C64c5ccccc5-c5ccccc54)c4ccccc4n3)cccc21. The van der Waals surface area contributed by atoms with Gasteiger partial charge in [-0.15, -0.1) is 0 Å². The topological polar surface area (TPSA) is 34.0 Å². The maximum Gasteiger partial charge on any atom is 0.237 e. The Hall–Kier alpha value is -8.86. The molecule has 0 bridgehead atoms. The summed E-state index contributed by atoms with van der Waals surface area (Å²) >= 11 is 0. The van der Waals surface area contributed by atoms with Crippen LogP contribution in [0.2, 0.25) is 0 Å². The van der Waals surface area contributed by atoms with E-state index in [1.54, 1.807) is 0 Å². The van der Waals surface area contributed by atoms with Crippen molar-refractivity contribution in [1.82, 2.24) is 14.5 Å². The van der Waals surface area contributed by atoms with Crippen molar-refractivity contribution in [2.24, 2.45) is 0 Å². The Kier molecular flexibility index (Phi) is 8.02. The minimum Gasteiger partial charge on any atom is -0.292 e. The molecule has 0 aliphatic heterocycles. The van der Waals surface area contributed by atoms with Crippen molar-refractivity contribution >= 4 is 50.0 Å². The van der Waals surface area contributed by atoms with Crippen molar-refractivity contribution in [3.05, 3.63) is 264 Å². The molecular weight excluding hydrogens is 849 g/mol. The normalized spacial score (nSPS) is 14.1. The Morgan fingerprint density at radius 1 is 0.386 bits per heavy atom. The molecule has 0 N–H and O–H groups in total. The Morgan fingerprint density at radius 2 is 0.943 bits per heavy atom. The smallest absolute Gasteiger partial charge is 0.237 e. The zero-order chi connectivity index (χ0) is 46.3. The van der Waals surface area contributed by atoms with Gasteiger partial charge in [-0.3, -0.25) is 9.47 Å². The summed E-state index contributed by atoms with van der Waals surface area (Å²) < 4.78 is 2.46. The highest BCUT2D eigenvalue weighted by molar-refractivity contribution is 6.17. The number of aromatic nitrogens is 3. The maximum absolute atomic E-state index is 5.92. The van der Waals surface area contributed by atoms with Gasteiger partial charge in [-0.25, -0.2) is 4.98 Å². The number of fused-ring (bicyclic) bond motifs is 18. The molecule has 2 aromatic heterocycles. The molecule has 12 aromatic rings. The lowest BCUT2D eigenvalue weighted by Gasteiger charge is -2.30. The van der Waals surface area contributed by atoms with Crippen molar-refractivity contribution in [2.45, 2.75) is 24.7 Å². The molecule has 0 amide bonds. The summed E-state index contributed by atoms with van der Waals surface area (Å²) in [7, 11) is 0. The van der Waals surface area contributed by atoms with Gasteiger partial charge in [0.2, 0.25) is 5.95 Å². The van der Waals surface area contributed by atoms with Crippen molar-refractivity contribution in [1.29, 1.82) is 0 Å². The molecule has 0 saturated heterocycles. The van der Waals surface area contributed by atoms with Gasteiger partial charge in [0.05, 0.1) is 27.7 Å². The van der Waals surface area contributed by atoms with Gasteiger partial charge in [0.25, 0.3) is 0 Å². The second-order valence-electron chi connectivity index (χ2n) is 19.6. The van der Waals surface area contributed by atoms with Crippen LogP contribution in [0.25, 0.3) is 83.0 Å². The average molecular weight is 893 g/mol. The van der Waals surface area contributed by atoms with Crippen LogP contribution in [0, 0.1) is 0 Å². The second kappa shape index (κ2) is 14.3. The highest BCUT2D eigenvalue weighted by atomic mass is 15.3. The molecule has 4 nitrogen and oxygen atoms in total. The monoisotopic (exact) mass is 892 g/mol. The van der Waals surface area contributed by atoms with Gasteiger partial charge >= 0.3 is 0 Å². The third-order valence-corrected chi connectivity index (χ3v) is 15.8. The third kappa shape index (κ3) is 5.09. The highest BCUT2D eigenvalue weighted by Gasteiger charge is 2.52. The molecule has 0 atom stereocenters. The number of benzene rings is 10. The Morgan fingerprint density at radius 3 is 1.67 bits per heavy atom. The zero-order valence-corrected chi connectivity index (χ0v) is 38.7. The Balaban J connectivity index is 1.05. The van der Waals surface area contributed by atoms with E-state index in [0.29, 0.717) is 5.95 Å². The van der Waals surface area contributed by atoms with Crippen molar-refractivity contribution in [3.8, 4) is 50.3 Å². The fraction of sp³-hybridized carbons (Fsp3) is 0.0606. The van der Waals surface area contributed by atoms with E-state index in [1.165, 1.54) is 83.1 Å². The molecule has 0 unspecified atom stereocenters. The lowest BCUT2D eigenvalue weighted by Crippen LogP contribution is -2.25. The molecule has 3 aliphatic carbocycles. The first-order chi connectivity index (χ1) is 34.5. The van der Waals surface area contributed by atoms with Crippen LogP contribution in [-0.4, -0.2) is 14.5 Å². The van der Waals surface area contributed by atoms with Crippen LogP contribution >= 0.6 is 0 Å². The predicted molar refractivity (Wildman–Crippen MR) is 288 cm³/mol. The van der Waals surface area contributed by atoms with E-state index >= 15 is 0 Å². The molecule has 0 saturated carbocycles. The molecule has 3 aliphatic rings. The predicted octanol–water partition coefficient (Wildman–Crippen LogP) is 16.5. The molecule has 70 heavy (non-hydrogen) atoms. The lowest BCUT2D eigenvalue weighted by molar-refractivity contribution is 0.660. The molecule has 328 valence electrons. The first kappa shape index (κ1) is 39.2. The van der Waals surface area contributed by atoms with E-state index in [1.807, 2.05) is 0 Å². The summed E-state index contributed by atoms with van der Waals surface area (Å²) in [5.41, 5.74) is 22.2. The summed E-state index contributed by atoms with van der Waals surface area (Å²) in [6.45, 7) is 4.69. The minimum atomic E-state index is -0.492. The van der Waals surface area contributed by atoms with Gasteiger partial charge in [-0.1, -0.05) is 208 Å². The Labute approximate surface area is 406 Å². The molecule has 0 radical (unpaired) electrons. The van der Waals surface area contributed by atoms with E-state index in [-0.39, 0.29) is 5.41 Å². The van der Waals surface area contributed by atoms with Gasteiger partial charge in [0, 0.05) is 38.4 Å². The summed E-state index contributed by atoms with van der Waals surface area (Å²) in [6.07, 6.45) is 0. The van der Waals surface area contributed by atoms with E-state index in [0.717, 1.165) is 44.7 Å². The first-order valence-electron chi connectivity index (χ1n) is 24.3. The second-order valence-corrected chi connectivity index (χ2v) is 19.6. The van der Waals surface area contributed by atoms with Crippen LogP contribution in [0.5, 0.6) is 0 Å². The zero-order valence-electron chi connectivity index (χ0n) is 38.7. The highest BCUT2D eigenvalue weighted by Crippen LogP contribution is 2.64. The van der Waals surface area contributed by atoms with Crippen LogP contribution < -0.4 is 4.90 Å². The molecule has 1 spiro atoms. The van der Waals surface area contributed by atoms with Crippen LogP contribution in [0.15, 0.2) is 231 Å². The molecule has 4 heteroatoms. The van der Waals surface area contributed by atoms with E-state index < -0.39 is 5.41 Å². The Bertz CT molecular complexity index is 4110. The molecule has 2 heterocycles. The molecule has 10 aromatic carbocycles. The maximum atomic E-state index is 5.92. The quantitative estimate of drug-likeness (QED) is 0.173. The summed E-state index contributed by atoms with van der Waals surface area (Å²) in [6, 6.07) is 84.6. The van der Waals surface area contributed by atoms with Gasteiger partial charge < -0.3 is 0 Å². The summed E-state index contributed by atoms with van der Waals surface area (Å²) in [5.74, 6) is 1.44. The number of para-hydroxylation sites is 2. The van der Waals surface area contributed by atoms with Crippen LogP contribution in [0.3, 0.4) is 0 Å². The van der Waals surface area contributed by atoms with Crippen LogP contribution in [0.1, 0.15) is 47.2 Å².